The minimum absolute atomic E-state index is 0.129. The lowest BCUT2D eigenvalue weighted by molar-refractivity contribution is 0.177. The predicted octanol–water partition coefficient (Wildman–Crippen LogP) is 1.62. The molecule has 1 aliphatic heterocycles. The molecule has 0 N–H and O–H groups in total. The van der Waals surface area contributed by atoms with E-state index in [1.54, 1.807) is 24.7 Å². The van der Waals surface area contributed by atoms with Crippen LogP contribution in [0.25, 0.3) is 0 Å². The molecule has 0 radical (unpaired) electrons. The number of allylic oxidation sites excluding steroid dienone is 2. The first-order valence-electron chi connectivity index (χ1n) is 3.72. The van der Waals surface area contributed by atoms with Crippen LogP contribution in [0.2, 0.25) is 0 Å². The predicted molar refractivity (Wildman–Crippen MR) is 44.1 cm³/mol. The second kappa shape index (κ2) is 3.17. The summed E-state index contributed by atoms with van der Waals surface area (Å²) in [6.45, 7) is 0. The van der Waals surface area contributed by atoms with Gasteiger partial charge in [0.05, 0.1) is 6.26 Å². The van der Waals surface area contributed by atoms with E-state index in [9.17, 15) is 0 Å². The zero-order chi connectivity index (χ0) is 8.23. The molecular formula is C9H8N2O. The van der Waals surface area contributed by atoms with Crippen molar-refractivity contribution in [2.45, 2.75) is 6.10 Å². The topological polar surface area (TPSA) is 35.0 Å². The van der Waals surface area contributed by atoms with Crippen molar-refractivity contribution in [2.75, 3.05) is 0 Å². The highest BCUT2D eigenvalue weighted by molar-refractivity contribution is 5.12. The van der Waals surface area contributed by atoms with E-state index in [2.05, 4.69) is 9.97 Å². The Morgan fingerprint density at radius 1 is 1.17 bits per heavy atom. The Hall–Kier alpha value is -1.64. The zero-order valence-corrected chi connectivity index (χ0v) is 6.42. The van der Waals surface area contributed by atoms with Crippen LogP contribution in [-0.2, 0) is 4.74 Å². The lowest BCUT2D eigenvalue weighted by atomic mass is 10.2. The third-order valence-electron chi connectivity index (χ3n) is 1.54. The van der Waals surface area contributed by atoms with Crippen molar-refractivity contribution in [2.24, 2.45) is 0 Å². The summed E-state index contributed by atoms with van der Waals surface area (Å²) in [5, 5.41) is 0. The van der Waals surface area contributed by atoms with Crippen LogP contribution in [-0.4, -0.2) is 9.97 Å². The smallest absolute Gasteiger partial charge is 0.175 e. The molecule has 0 bridgehead atoms. The van der Waals surface area contributed by atoms with Gasteiger partial charge in [0.1, 0.15) is 0 Å². The summed E-state index contributed by atoms with van der Waals surface area (Å²) in [6, 6.07) is 1.78. The zero-order valence-electron chi connectivity index (χ0n) is 6.42. The van der Waals surface area contributed by atoms with Crippen LogP contribution in [0.15, 0.2) is 43.0 Å². The minimum atomic E-state index is -0.129. The lowest BCUT2D eigenvalue weighted by Gasteiger charge is -2.12. The first-order chi connectivity index (χ1) is 5.97. The van der Waals surface area contributed by atoms with Crippen LogP contribution in [0.1, 0.15) is 11.9 Å². The average Bonchev–Trinajstić information content (AvgIpc) is 2.21. The standard InChI is InChI=1S/C9H8N2O/c1-2-7-12-8(4-1)9-10-5-3-6-11-9/h1-8H. The third-order valence-corrected chi connectivity index (χ3v) is 1.54. The van der Waals surface area contributed by atoms with Gasteiger partial charge in [-0.05, 0) is 18.2 Å². The van der Waals surface area contributed by atoms with Crippen LogP contribution >= 0.6 is 0 Å². The van der Waals surface area contributed by atoms with Crippen molar-refractivity contribution in [3.63, 3.8) is 0 Å². The number of nitrogens with zero attached hydrogens (tertiary/aromatic N) is 2. The normalized spacial score (nSPS) is 20.5. The molecule has 0 aromatic carbocycles. The van der Waals surface area contributed by atoms with Crippen molar-refractivity contribution in [3.8, 4) is 0 Å². The molecule has 3 nitrogen and oxygen atoms in total. The molecule has 0 saturated heterocycles. The van der Waals surface area contributed by atoms with Gasteiger partial charge in [0.15, 0.2) is 11.9 Å². The highest BCUT2D eigenvalue weighted by atomic mass is 16.5. The van der Waals surface area contributed by atoms with Crippen molar-refractivity contribution < 1.29 is 4.74 Å². The number of rotatable bonds is 1. The fourth-order valence-electron chi connectivity index (χ4n) is 0.990. The van der Waals surface area contributed by atoms with E-state index < -0.39 is 0 Å². The molecule has 0 aliphatic carbocycles. The Balaban J connectivity index is 2.21. The van der Waals surface area contributed by atoms with E-state index in [-0.39, 0.29) is 6.10 Å². The number of aromatic nitrogens is 2. The van der Waals surface area contributed by atoms with Gasteiger partial charge in [-0.2, -0.15) is 0 Å². The first kappa shape index (κ1) is 7.03. The monoisotopic (exact) mass is 160 g/mol. The van der Waals surface area contributed by atoms with Crippen LogP contribution in [0.5, 0.6) is 0 Å². The molecule has 1 aromatic heterocycles. The molecule has 0 fully saturated rings. The molecule has 1 unspecified atom stereocenters. The average molecular weight is 160 g/mol. The maximum atomic E-state index is 5.27. The van der Waals surface area contributed by atoms with Crippen LogP contribution in [0.4, 0.5) is 0 Å². The van der Waals surface area contributed by atoms with E-state index >= 15 is 0 Å². The van der Waals surface area contributed by atoms with Gasteiger partial charge in [0.25, 0.3) is 0 Å². The SMILES string of the molecule is C1=COC(c2ncccn2)C=C1. The summed E-state index contributed by atoms with van der Waals surface area (Å²) >= 11 is 0. The lowest BCUT2D eigenvalue weighted by Crippen LogP contribution is -2.03. The van der Waals surface area contributed by atoms with Crippen molar-refractivity contribution in [3.05, 3.63) is 48.8 Å². The van der Waals surface area contributed by atoms with Crippen LogP contribution in [0, 0.1) is 0 Å². The summed E-state index contributed by atoms with van der Waals surface area (Å²) < 4.78 is 5.27. The molecule has 0 saturated carbocycles. The highest BCUT2D eigenvalue weighted by Crippen LogP contribution is 2.16. The fraction of sp³-hybridized carbons (Fsp3) is 0.111. The maximum Gasteiger partial charge on any atom is 0.175 e. The van der Waals surface area contributed by atoms with Gasteiger partial charge in [-0.15, -0.1) is 0 Å². The molecule has 2 rings (SSSR count). The third kappa shape index (κ3) is 1.34. The second-order valence-electron chi connectivity index (χ2n) is 2.38. The highest BCUT2D eigenvalue weighted by Gasteiger charge is 2.10. The summed E-state index contributed by atoms with van der Waals surface area (Å²) in [4.78, 5) is 8.16. The van der Waals surface area contributed by atoms with E-state index in [0.717, 1.165) is 0 Å². The summed E-state index contributed by atoms with van der Waals surface area (Å²) in [5.41, 5.74) is 0. The first-order valence-corrected chi connectivity index (χ1v) is 3.72. The summed E-state index contributed by atoms with van der Waals surface area (Å²) in [5.74, 6) is 0.693. The Kier molecular flexibility index (Phi) is 1.86. The van der Waals surface area contributed by atoms with Crippen molar-refractivity contribution in [1.29, 1.82) is 0 Å². The molecule has 1 atom stereocenters. The quantitative estimate of drug-likeness (QED) is 0.626. The Bertz CT molecular complexity index is 306. The largest absolute Gasteiger partial charge is 0.486 e. The van der Waals surface area contributed by atoms with Gasteiger partial charge in [-0.3, -0.25) is 0 Å². The Labute approximate surface area is 70.4 Å². The maximum absolute atomic E-state index is 5.27. The van der Waals surface area contributed by atoms with Crippen LogP contribution in [0.3, 0.4) is 0 Å². The van der Waals surface area contributed by atoms with E-state index in [4.69, 9.17) is 4.74 Å². The Morgan fingerprint density at radius 2 is 2.00 bits per heavy atom. The van der Waals surface area contributed by atoms with Gasteiger partial charge in [0, 0.05) is 12.4 Å². The van der Waals surface area contributed by atoms with E-state index in [1.807, 2.05) is 18.2 Å². The van der Waals surface area contributed by atoms with E-state index in [1.165, 1.54) is 0 Å². The molecule has 1 aromatic rings. The number of hydrogen-bond donors (Lipinski definition) is 0. The van der Waals surface area contributed by atoms with Crippen molar-refractivity contribution >= 4 is 0 Å². The molecular weight excluding hydrogens is 152 g/mol. The molecule has 12 heavy (non-hydrogen) atoms. The van der Waals surface area contributed by atoms with Gasteiger partial charge in [-0.25, -0.2) is 9.97 Å². The number of hydrogen-bond acceptors (Lipinski definition) is 3. The molecule has 60 valence electrons. The molecule has 1 aliphatic rings. The van der Waals surface area contributed by atoms with Crippen molar-refractivity contribution in [1.82, 2.24) is 9.97 Å². The van der Waals surface area contributed by atoms with Crippen LogP contribution < -0.4 is 0 Å². The van der Waals surface area contributed by atoms with Gasteiger partial charge in [0.2, 0.25) is 0 Å². The van der Waals surface area contributed by atoms with E-state index in [0.29, 0.717) is 5.82 Å². The fourth-order valence-corrected chi connectivity index (χ4v) is 0.990. The number of ether oxygens (including phenoxy) is 1. The van der Waals surface area contributed by atoms with Gasteiger partial charge >= 0.3 is 0 Å². The Morgan fingerprint density at radius 3 is 2.67 bits per heavy atom. The molecule has 0 spiro atoms. The minimum Gasteiger partial charge on any atom is -0.486 e. The molecule has 3 heteroatoms. The van der Waals surface area contributed by atoms with Gasteiger partial charge in [-0.1, -0.05) is 6.08 Å². The molecule has 0 amide bonds. The second-order valence-corrected chi connectivity index (χ2v) is 2.38. The summed E-state index contributed by atoms with van der Waals surface area (Å²) in [6.07, 6.45) is 10.6. The van der Waals surface area contributed by atoms with Gasteiger partial charge < -0.3 is 4.74 Å². The molecule has 2 heterocycles. The summed E-state index contributed by atoms with van der Waals surface area (Å²) in [7, 11) is 0.